The largest absolute Gasteiger partial charge is 0.478 e. The lowest BCUT2D eigenvalue weighted by atomic mass is 9.98. The van der Waals surface area contributed by atoms with Crippen molar-refractivity contribution in [3.63, 3.8) is 0 Å². The fraction of sp³-hybridized carbons (Fsp3) is 0.375. The summed E-state index contributed by atoms with van der Waals surface area (Å²) < 4.78 is 8.41. The number of aromatic nitrogens is 3. The summed E-state index contributed by atoms with van der Waals surface area (Å²) in [5, 5.41) is 9.05. The molecule has 0 amide bonds. The van der Waals surface area contributed by atoms with Gasteiger partial charge < -0.3 is 19.3 Å². The number of carboxylic acid groups (broad SMARTS) is 1. The van der Waals surface area contributed by atoms with Crippen LogP contribution in [0.5, 0.6) is 0 Å². The first-order chi connectivity index (χ1) is 16.0. The van der Waals surface area contributed by atoms with Gasteiger partial charge in [-0.05, 0) is 51.0 Å². The Hall–Kier alpha value is -3.95. The summed E-state index contributed by atoms with van der Waals surface area (Å²) in [6, 6.07) is 8.36. The molecular formula is C24H29N5O5. The number of esters is 1. The van der Waals surface area contributed by atoms with Crippen LogP contribution < -0.4 is 5.56 Å². The van der Waals surface area contributed by atoms with Gasteiger partial charge in [-0.2, -0.15) is 0 Å². The third kappa shape index (κ3) is 5.69. The number of carbonyl (C=O) groups is 2. The maximum Gasteiger partial charge on any atom is 0.335 e. The minimum absolute atomic E-state index is 0.134. The second-order valence-electron chi connectivity index (χ2n) is 9.16. The molecule has 3 aromatic rings. The molecule has 2 heterocycles. The smallest absolute Gasteiger partial charge is 0.335 e. The van der Waals surface area contributed by atoms with E-state index in [1.54, 1.807) is 80.9 Å². The van der Waals surface area contributed by atoms with Crippen molar-refractivity contribution in [2.75, 3.05) is 14.1 Å². The molecule has 0 atom stereocenters. The van der Waals surface area contributed by atoms with Crippen LogP contribution in [0.3, 0.4) is 0 Å². The number of fused-ring (bicyclic) bond motifs is 1. The van der Waals surface area contributed by atoms with E-state index in [0.717, 1.165) is 5.56 Å². The molecule has 0 unspecified atom stereocenters. The second-order valence-corrected chi connectivity index (χ2v) is 9.16. The number of carbonyl (C=O) groups excluding carboxylic acids is 1. The van der Waals surface area contributed by atoms with Gasteiger partial charge in [-0.3, -0.25) is 9.59 Å². The Bertz CT molecular complexity index is 1280. The number of ether oxygens (including phenoxy) is 1. The molecule has 2 aromatic heterocycles. The minimum atomic E-state index is -0.977. The topological polar surface area (TPSA) is 119 Å². The molecule has 0 aliphatic carbocycles. The molecule has 0 spiro atoms. The lowest BCUT2D eigenvalue weighted by Crippen LogP contribution is -2.29. The van der Waals surface area contributed by atoms with Crippen LogP contribution in [-0.2, 0) is 29.2 Å². The van der Waals surface area contributed by atoms with E-state index < -0.39 is 17.4 Å². The van der Waals surface area contributed by atoms with Crippen LogP contribution in [0.15, 0.2) is 46.3 Å². The first kappa shape index (κ1) is 24.7. The first-order valence-electron chi connectivity index (χ1n) is 10.8. The van der Waals surface area contributed by atoms with E-state index in [0.29, 0.717) is 24.0 Å². The summed E-state index contributed by atoms with van der Waals surface area (Å²) in [5.74, 6) is -1.29. The number of hydrogen-bond acceptors (Lipinski definition) is 6. The number of aryl methyl sites for hydroxylation is 2. The van der Waals surface area contributed by atoms with E-state index in [9.17, 15) is 14.4 Å². The average Bonchev–Trinajstić information content (AvgIpc) is 3.18. The van der Waals surface area contributed by atoms with Crippen molar-refractivity contribution >= 4 is 35.3 Å². The predicted molar refractivity (Wildman–Crippen MR) is 128 cm³/mol. The van der Waals surface area contributed by atoms with Gasteiger partial charge in [0.2, 0.25) is 5.95 Å². The summed E-state index contributed by atoms with van der Waals surface area (Å²) in [5.41, 5.74) is 0.923. The molecule has 34 heavy (non-hydrogen) atoms. The van der Waals surface area contributed by atoms with Gasteiger partial charge in [-0.25, -0.2) is 19.3 Å². The Morgan fingerprint density at radius 2 is 1.85 bits per heavy atom. The summed E-state index contributed by atoms with van der Waals surface area (Å²) >= 11 is 0. The van der Waals surface area contributed by atoms with E-state index in [1.807, 2.05) is 0 Å². The fourth-order valence-corrected chi connectivity index (χ4v) is 3.14. The lowest BCUT2D eigenvalue weighted by Gasteiger charge is -2.18. The maximum absolute atomic E-state index is 13.4. The van der Waals surface area contributed by atoms with Gasteiger partial charge in [-0.1, -0.05) is 12.1 Å². The molecule has 0 bridgehead atoms. The van der Waals surface area contributed by atoms with Crippen LogP contribution in [0.2, 0.25) is 0 Å². The Balaban J connectivity index is 1.94. The summed E-state index contributed by atoms with van der Waals surface area (Å²) in [6.45, 7) is 5.38. The molecule has 10 heteroatoms. The number of aliphatic imine (C=N–C) groups is 1. The van der Waals surface area contributed by atoms with Gasteiger partial charge in [-0.15, -0.1) is 0 Å². The van der Waals surface area contributed by atoms with Gasteiger partial charge in [0.15, 0.2) is 6.73 Å². The standard InChI is InChI=1S/C24H29N5O5/c1-24(2,3)22(33)34-15-29-20(30)19-18(26-23(29)25-14-27(4)5)11-13-28(19)12-10-16-6-8-17(9-7-16)21(31)32/h6-9,11,13-14H,10,12,15H2,1-5H3,(H,31,32)/b25-14+. The van der Waals surface area contributed by atoms with Gasteiger partial charge >= 0.3 is 11.9 Å². The molecule has 0 saturated carbocycles. The Morgan fingerprint density at radius 1 is 1.18 bits per heavy atom. The number of carboxylic acids is 1. The highest BCUT2D eigenvalue weighted by Crippen LogP contribution is 2.19. The molecule has 1 aromatic carbocycles. The van der Waals surface area contributed by atoms with Crippen molar-refractivity contribution in [2.45, 2.75) is 40.5 Å². The molecule has 0 fully saturated rings. The molecular weight excluding hydrogens is 438 g/mol. The van der Waals surface area contributed by atoms with E-state index in [-0.39, 0.29) is 23.8 Å². The van der Waals surface area contributed by atoms with Crippen molar-refractivity contribution < 1.29 is 19.4 Å². The highest BCUT2D eigenvalue weighted by molar-refractivity contribution is 5.87. The summed E-state index contributed by atoms with van der Waals surface area (Å²) in [6.07, 6.45) is 3.88. The lowest BCUT2D eigenvalue weighted by molar-refractivity contribution is -0.157. The number of aromatic carboxylic acids is 1. The van der Waals surface area contributed by atoms with Crippen LogP contribution in [-0.4, -0.2) is 56.5 Å². The van der Waals surface area contributed by atoms with Crippen molar-refractivity contribution in [1.29, 1.82) is 0 Å². The second kappa shape index (κ2) is 9.90. The monoisotopic (exact) mass is 467 g/mol. The van der Waals surface area contributed by atoms with Crippen LogP contribution in [0, 0.1) is 5.41 Å². The predicted octanol–water partition coefficient (Wildman–Crippen LogP) is 2.91. The Kier molecular flexibility index (Phi) is 7.19. The zero-order chi connectivity index (χ0) is 25.0. The molecule has 180 valence electrons. The normalized spacial score (nSPS) is 11.8. The highest BCUT2D eigenvalue weighted by Gasteiger charge is 2.24. The molecule has 0 aliphatic rings. The number of benzene rings is 1. The number of hydrogen-bond donors (Lipinski definition) is 1. The van der Waals surface area contributed by atoms with E-state index >= 15 is 0 Å². The minimum Gasteiger partial charge on any atom is -0.478 e. The van der Waals surface area contributed by atoms with Gasteiger partial charge in [0.25, 0.3) is 5.56 Å². The van der Waals surface area contributed by atoms with E-state index in [2.05, 4.69) is 9.98 Å². The van der Waals surface area contributed by atoms with Crippen molar-refractivity contribution in [3.8, 4) is 0 Å². The van der Waals surface area contributed by atoms with Crippen molar-refractivity contribution in [2.24, 2.45) is 10.4 Å². The molecule has 0 aliphatic heterocycles. The summed E-state index contributed by atoms with van der Waals surface area (Å²) in [7, 11) is 3.59. The zero-order valence-corrected chi connectivity index (χ0v) is 20.0. The molecule has 3 rings (SSSR count). The first-order valence-corrected chi connectivity index (χ1v) is 10.8. The fourth-order valence-electron chi connectivity index (χ4n) is 3.14. The Morgan fingerprint density at radius 3 is 2.44 bits per heavy atom. The highest BCUT2D eigenvalue weighted by atomic mass is 16.5. The zero-order valence-electron chi connectivity index (χ0n) is 20.0. The Labute approximate surface area is 197 Å². The third-order valence-electron chi connectivity index (χ3n) is 5.04. The van der Waals surface area contributed by atoms with Crippen LogP contribution in [0.25, 0.3) is 11.0 Å². The van der Waals surface area contributed by atoms with Crippen molar-refractivity contribution in [3.05, 3.63) is 58.0 Å². The van der Waals surface area contributed by atoms with E-state index in [1.165, 1.54) is 10.9 Å². The molecule has 0 saturated heterocycles. The van der Waals surface area contributed by atoms with Crippen LogP contribution in [0.1, 0.15) is 36.7 Å². The van der Waals surface area contributed by atoms with Crippen LogP contribution >= 0.6 is 0 Å². The number of nitrogens with zero attached hydrogens (tertiary/aromatic N) is 5. The van der Waals surface area contributed by atoms with Gasteiger partial charge in [0.1, 0.15) is 5.52 Å². The molecule has 1 N–H and O–H groups in total. The van der Waals surface area contributed by atoms with Gasteiger partial charge in [0, 0.05) is 26.8 Å². The van der Waals surface area contributed by atoms with E-state index in [4.69, 9.17) is 9.84 Å². The SMILES string of the molecule is CN(C)/C=N/c1nc2ccn(CCc3ccc(C(=O)O)cc3)c2c(=O)n1COC(=O)C(C)(C)C. The average molecular weight is 468 g/mol. The third-order valence-corrected chi connectivity index (χ3v) is 5.04. The van der Waals surface area contributed by atoms with Crippen LogP contribution in [0.4, 0.5) is 5.95 Å². The molecule has 0 radical (unpaired) electrons. The maximum atomic E-state index is 13.4. The van der Waals surface area contributed by atoms with Gasteiger partial charge in [0.05, 0.1) is 22.8 Å². The number of rotatable bonds is 8. The quantitative estimate of drug-likeness (QED) is 0.307. The van der Waals surface area contributed by atoms with Crippen molar-refractivity contribution in [1.82, 2.24) is 19.0 Å². The summed E-state index contributed by atoms with van der Waals surface area (Å²) in [4.78, 5) is 47.3. The molecule has 10 nitrogen and oxygen atoms in total.